The largest absolute Gasteiger partial charge is 0.345 e. The van der Waals surface area contributed by atoms with Gasteiger partial charge >= 0.3 is 0 Å². The van der Waals surface area contributed by atoms with Crippen molar-refractivity contribution < 1.29 is 0 Å². The summed E-state index contributed by atoms with van der Waals surface area (Å²) in [6.45, 7) is 12.5. The van der Waals surface area contributed by atoms with E-state index in [1.165, 1.54) is 31.7 Å². The maximum Gasteiger partial charge on any atom is 0.106 e. The summed E-state index contributed by atoms with van der Waals surface area (Å²) >= 11 is 0. The van der Waals surface area contributed by atoms with E-state index in [2.05, 4.69) is 41.0 Å². The van der Waals surface area contributed by atoms with Gasteiger partial charge in [0.15, 0.2) is 0 Å². The number of rotatable bonds is 4. The van der Waals surface area contributed by atoms with Crippen LogP contribution in [0.4, 0.5) is 0 Å². The molecule has 1 fully saturated rings. The molecule has 0 unspecified atom stereocenters. The Morgan fingerprint density at radius 1 is 1.28 bits per heavy atom. The van der Waals surface area contributed by atoms with Crippen LogP contribution in [0.5, 0.6) is 0 Å². The van der Waals surface area contributed by atoms with E-state index >= 15 is 0 Å². The van der Waals surface area contributed by atoms with Crippen LogP contribution in [0.15, 0.2) is 6.20 Å². The minimum atomic E-state index is 0.170. The van der Waals surface area contributed by atoms with Gasteiger partial charge in [0.2, 0.25) is 0 Å². The molecule has 4 heteroatoms. The van der Waals surface area contributed by atoms with Gasteiger partial charge in [-0.1, -0.05) is 20.8 Å². The van der Waals surface area contributed by atoms with Crippen molar-refractivity contribution >= 4 is 0 Å². The predicted octanol–water partition coefficient (Wildman–Crippen LogP) is 1.54. The quantitative estimate of drug-likeness (QED) is 0.852. The van der Waals surface area contributed by atoms with E-state index in [1.807, 2.05) is 6.20 Å². The highest BCUT2D eigenvalue weighted by Crippen LogP contribution is 2.19. The van der Waals surface area contributed by atoms with Crippen molar-refractivity contribution in [1.82, 2.24) is 20.2 Å². The van der Waals surface area contributed by atoms with Crippen LogP contribution >= 0.6 is 0 Å². The summed E-state index contributed by atoms with van der Waals surface area (Å²) in [6, 6.07) is 0. The third-order valence-corrected chi connectivity index (χ3v) is 3.53. The second-order valence-electron chi connectivity index (χ2n) is 6.19. The number of aromatic amines is 1. The van der Waals surface area contributed by atoms with Gasteiger partial charge in [-0.2, -0.15) is 0 Å². The van der Waals surface area contributed by atoms with Crippen LogP contribution in [-0.4, -0.2) is 47.6 Å². The number of piperazine rings is 1. The third kappa shape index (κ3) is 3.82. The van der Waals surface area contributed by atoms with Crippen LogP contribution in [0, 0.1) is 0 Å². The number of hydrogen-bond acceptors (Lipinski definition) is 3. The van der Waals surface area contributed by atoms with E-state index in [1.54, 1.807) is 0 Å². The molecule has 0 atom stereocenters. The Bertz CT molecular complexity index is 358. The summed E-state index contributed by atoms with van der Waals surface area (Å²) in [5, 5.41) is 3.38. The lowest BCUT2D eigenvalue weighted by atomic mass is 9.93. The zero-order chi connectivity index (χ0) is 13.0. The van der Waals surface area contributed by atoms with Crippen LogP contribution in [0.25, 0.3) is 0 Å². The summed E-state index contributed by atoms with van der Waals surface area (Å²) < 4.78 is 0. The van der Waals surface area contributed by atoms with Gasteiger partial charge in [-0.05, 0) is 13.0 Å². The molecule has 1 aliphatic heterocycles. The van der Waals surface area contributed by atoms with Gasteiger partial charge in [0, 0.05) is 49.9 Å². The minimum absolute atomic E-state index is 0.170. The Morgan fingerprint density at radius 2 is 2.00 bits per heavy atom. The van der Waals surface area contributed by atoms with Crippen LogP contribution in [-0.2, 0) is 11.8 Å². The van der Waals surface area contributed by atoms with Crippen molar-refractivity contribution in [3.05, 3.63) is 17.7 Å². The lowest BCUT2D eigenvalue weighted by molar-refractivity contribution is 0.238. The molecule has 0 bridgehead atoms. The molecule has 1 aliphatic rings. The van der Waals surface area contributed by atoms with E-state index in [4.69, 9.17) is 0 Å². The molecule has 1 saturated heterocycles. The highest BCUT2D eigenvalue weighted by Gasteiger charge is 2.16. The fraction of sp³-hybridized carbons (Fsp3) is 0.786. The molecule has 1 aromatic rings. The van der Waals surface area contributed by atoms with Gasteiger partial charge in [0.05, 0.1) is 0 Å². The smallest absolute Gasteiger partial charge is 0.106 e. The molecule has 0 spiro atoms. The molecule has 0 saturated carbocycles. The first-order valence-electron chi connectivity index (χ1n) is 7.03. The fourth-order valence-electron chi connectivity index (χ4n) is 2.28. The van der Waals surface area contributed by atoms with Gasteiger partial charge in [-0.3, -0.25) is 0 Å². The summed E-state index contributed by atoms with van der Waals surface area (Å²) in [5.41, 5.74) is 1.41. The van der Waals surface area contributed by atoms with Crippen LogP contribution in [0.1, 0.15) is 38.7 Å². The summed E-state index contributed by atoms with van der Waals surface area (Å²) in [4.78, 5) is 10.5. The van der Waals surface area contributed by atoms with Crippen LogP contribution in [0.3, 0.4) is 0 Å². The van der Waals surface area contributed by atoms with E-state index < -0.39 is 0 Å². The second-order valence-corrected chi connectivity index (χ2v) is 6.19. The van der Waals surface area contributed by atoms with Crippen LogP contribution in [0.2, 0.25) is 0 Å². The fourth-order valence-corrected chi connectivity index (χ4v) is 2.28. The SMILES string of the molecule is CC(C)(C)c1cnc(CCCN2CCNCC2)[nH]1. The highest BCUT2D eigenvalue weighted by atomic mass is 15.2. The average Bonchev–Trinajstić information content (AvgIpc) is 2.79. The molecule has 0 aliphatic carbocycles. The molecule has 4 nitrogen and oxygen atoms in total. The minimum Gasteiger partial charge on any atom is -0.345 e. The second kappa shape index (κ2) is 5.85. The van der Waals surface area contributed by atoms with Gasteiger partial charge in [-0.15, -0.1) is 0 Å². The maximum atomic E-state index is 4.48. The standard InChI is InChI=1S/C14H26N4/c1-14(2,3)12-11-16-13(17-12)5-4-8-18-9-6-15-7-10-18/h11,15H,4-10H2,1-3H3,(H,16,17). The maximum absolute atomic E-state index is 4.48. The molecule has 0 amide bonds. The normalized spacial score (nSPS) is 18.2. The van der Waals surface area contributed by atoms with Crippen LogP contribution < -0.4 is 5.32 Å². The monoisotopic (exact) mass is 250 g/mol. The predicted molar refractivity (Wildman–Crippen MR) is 74.9 cm³/mol. The molecule has 2 heterocycles. The van der Waals surface area contributed by atoms with Crippen molar-refractivity contribution in [3.63, 3.8) is 0 Å². The molecule has 0 aromatic carbocycles. The molecular weight excluding hydrogens is 224 g/mol. The third-order valence-electron chi connectivity index (χ3n) is 3.53. The molecule has 102 valence electrons. The van der Waals surface area contributed by atoms with Gasteiger partial charge in [0.25, 0.3) is 0 Å². The number of nitrogens with one attached hydrogen (secondary N) is 2. The topological polar surface area (TPSA) is 44.0 Å². The average molecular weight is 250 g/mol. The van der Waals surface area contributed by atoms with E-state index in [0.29, 0.717) is 0 Å². The summed E-state index contributed by atoms with van der Waals surface area (Å²) in [7, 11) is 0. The van der Waals surface area contributed by atoms with E-state index in [-0.39, 0.29) is 5.41 Å². The lowest BCUT2D eigenvalue weighted by Crippen LogP contribution is -2.43. The Hall–Kier alpha value is -0.870. The molecular formula is C14H26N4. The molecule has 18 heavy (non-hydrogen) atoms. The number of imidazole rings is 1. The molecule has 2 N–H and O–H groups in total. The molecule has 1 aromatic heterocycles. The van der Waals surface area contributed by atoms with Crippen molar-refractivity contribution in [3.8, 4) is 0 Å². The molecule has 2 rings (SSSR count). The number of aryl methyl sites for hydroxylation is 1. The first kappa shape index (κ1) is 13.6. The number of hydrogen-bond donors (Lipinski definition) is 2. The first-order valence-corrected chi connectivity index (χ1v) is 7.03. The zero-order valence-electron chi connectivity index (χ0n) is 11.9. The van der Waals surface area contributed by atoms with Crippen molar-refractivity contribution in [2.75, 3.05) is 32.7 Å². The van der Waals surface area contributed by atoms with Gasteiger partial charge < -0.3 is 15.2 Å². The number of aromatic nitrogens is 2. The van der Waals surface area contributed by atoms with Gasteiger partial charge in [0.1, 0.15) is 5.82 Å². The highest BCUT2D eigenvalue weighted by molar-refractivity contribution is 5.11. The van der Waals surface area contributed by atoms with Crippen molar-refractivity contribution in [1.29, 1.82) is 0 Å². The first-order chi connectivity index (χ1) is 8.55. The Labute approximate surface area is 110 Å². The Morgan fingerprint density at radius 3 is 2.61 bits per heavy atom. The van der Waals surface area contributed by atoms with Gasteiger partial charge in [-0.25, -0.2) is 4.98 Å². The number of nitrogens with zero attached hydrogens (tertiary/aromatic N) is 2. The van der Waals surface area contributed by atoms with Crippen molar-refractivity contribution in [2.45, 2.75) is 39.0 Å². The number of H-pyrrole nitrogens is 1. The summed E-state index contributed by atoms with van der Waals surface area (Å²) in [5.74, 6) is 1.13. The summed E-state index contributed by atoms with van der Waals surface area (Å²) in [6.07, 6.45) is 4.23. The van der Waals surface area contributed by atoms with E-state index in [0.717, 1.165) is 25.3 Å². The Balaban J connectivity index is 1.74. The lowest BCUT2D eigenvalue weighted by Gasteiger charge is -2.26. The zero-order valence-corrected chi connectivity index (χ0v) is 11.9. The van der Waals surface area contributed by atoms with E-state index in [9.17, 15) is 0 Å². The molecule has 0 radical (unpaired) electrons. The Kier molecular flexibility index (Phi) is 4.40. The van der Waals surface area contributed by atoms with Crippen molar-refractivity contribution in [2.24, 2.45) is 0 Å².